The quantitative estimate of drug-likeness (QED) is 0.892. The standard InChI is InChI=1S/C14H24N2S/c1-13(2,3)11-8-17-12(16-11)7-14(4,9-15)10-5-6-10/h8,10H,5-7,9,15H2,1-4H3. The smallest absolute Gasteiger partial charge is 0.0934 e. The molecule has 2 N–H and O–H groups in total. The Hall–Kier alpha value is -0.410. The number of thiazole rings is 1. The second kappa shape index (κ2) is 4.36. The summed E-state index contributed by atoms with van der Waals surface area (Å²) in [6, 6.07) is 0. The molecule has 1 aromatic rings. The Morgan fingerprint density at radius 3 is 2.41 bits per heavy atom. The normalized spacial score (nSPS) is 20.3. The number of nitrogens with two attached hydrogens (primary N) is 1. The van der Waals surface area contributed by atoms with Crippen molar-refractivity contribution in [3.63, 3.8) is 0 Å². The molecule has 2 rings (SSSR count). The molecule has 1 unspecified atom stereocenters. The molecule has 0 spiro atoms. The van der Waals surface area contributed by atoms with E-state index in [9.17, 15) is 0 Å². The van der Waals surface area contributed by atoms with Crippen LogP contribution in [0.25, 0.3) is 0 Å². The molecule has 1 heterocycles. The van der Waals surface area contributed by atoms with Crippen LogP contribution in [0.3, 0.4) is 0 Å². The highest BCUT2D eigenvalue weighted by Gasteiger charge is 2.41. The molecule has 3 heteroatoms. The van der Waals surface area contributed by atoms with Gasteiger partial charge in [-0.1, -0.05) is 27.7 Å². The molecule has 1 fully saturated rings. The maximum Gasteiger partial charge on any atom is 0.0934 e. The van der Waals surface area contributed by atoms with Gasteiger partial charge in [0.25, 0.3) is 0 Å². The molecule has 1 saturated carbocycles. The van der Waals surface area contributed by atoms with Crippen LogP contribution in [-0.4, -0.2) is 11.5 Å². The van der Waals surface area contributed by atoms with Crippen molar-refractivity contribution in [3.8, 4) is 0 Å². The van der Waals surface area contributed by atoms with Crippen molar-refractivity contribution >= 4 is 11.3 Å². The Morgan fingerprint density at radius 2 is 2.00 bits per heavy atom. The molecule has 0 bridgehead atoms. The molecule has 1 aliphatic carbocycles. The van der Waals surface area contributed by atoms with E-state index < -0.39 is 0 Å². The molecule has 0 aliphatic heterocycles. The van der Waals surface area contributed by atoms with E-state index in [-0.39, 0.29) is 10.8 Å². The van der Waals surface area contributed by atoms with Gasteiger partial charge in [0.15, 0.2) is 0 Å². The van der Waals surface area contributed by atoms with Crippen molar-refractivity contribution in [2.45, 2.75) is 52.4 Å². The van der Waals surface area contributed by atoms with Gasteiger partial charge in [-0.3, -0.25) is 0 Å². The highest BCUT2D eigenvalue weighted by atomic mass is 32.1. The van der Waals surface area contributed by atoms with Crippen LogP contribution in [0.5, 0.6) is 0 Å². The summed E-state index contributed by atoms with van der Waals surface area (Å²) in [4.78, 5) is 4.79. The first-order chi connectivity index (χ1) is 7.85. The van der Waals surface area contributed by atoms with Gasteiger partial charge in [-0.15, -0.1) is 11.3 Å². The van der Waals surface area contributed by atoms with E-state index in [1.807, 2.05) is 0 Å². The van der Waals surface area contributed by atoms with E-state index >= 15 is 0 Å². The molecule has 96 valence electrons. The third-order valence-corrected chi connectivity index (χ3v) is 4.75. The summed E-state index contributed by atoms with van der Waals surface area (Å²) in [6.45, 7) is 9.75. The van der Waals surface area contributed by atoms with Crippen LogP contribution in [0, 0.1) is 11.3 Å². The van der Waals surface area contributed by atoms with E-state index in [0.29, 0.717) is 0 Å². The number of hydrogen-bond acceptors (Lipinski definition) is 3. The van der Waals surface area contributed by atoms with E-state index in [1.54, 1.807) is 11.3 Å². The summed E-state index contributed by atoms with van der Waals surface area (Å²) in [7, 11) is 0. The first-order valence-electron chi connectivity index (χ1n) is 6.50. The van der Waals surface area contributed by atoms with Gasteiger partial charge in [0, 0.05) is 17.2 Å². The van der Waals surface area contributed by atoms with E-state index in [2.05, 4.69) is 33.1 Å². The van der Waals surface area contributed by atoms with Crippen LogP contribution >= 0.6 is 11.3 Å². The second-order valence-electron chi connectivity index (χ2n) is 6.69. The molecule has 0 radical (unpaired) electrons. The number of rotatable bonds is 4. The Kier molecular flexibility index (Phi) is 3.34. The van der Waals surface area contributed by atoms with Crippen molar-refractivity contribution in [3.05, 3.63) is 16.1 Å². The fourth-order valence-electron chi connectivity index (χ4n) is 2.25. The van der Waals surface area contributed by atoms with Crippen LogP contribution in [0.1, 0.15) is 51.2 Å². The largest absolute Gasteiger partial charge is 0.330 e. The SMILES string of the molecule is CC(C)(C)c1csc(CC(C)(CN)C2CC2)n1. The predicted octanol–water partition coefficient (Wildman–Crippen LogP) is 3.36. The average Bonchev–Trinajstić information content (AvgIpc) is 2.99. The van der Waals surface area contributed by atoms with Crippen LogP contribution in [-0.2, 0) is 11.8 Å². The van der Waals surface area contributed by atoms with Crippen molar-refractivity contribution in [2.24, 2.45) is 17.1 Å². The summed E-state index contributed by atoms with van der Waals surface area (Å²) in [6.07, 6.45) is 3.76. The second-order valence-corrected chi connectivity index (χ2v) is 7.63. The number of nitrogens with zero attached hydrogens (tertiary/aromatic N) is 1. The lowest BCUT2D eigenvalue weighted by Gasteiger charge is -2.26. The first kappa shape index (κ1) is 13.0. The maximum absolute atomic E-state index is 5.97. The van der Waals surface area contributed by atoms with Crippen LogP contribution in [0.4, 0.5) is 0 Å². The maximum atomic E-state index is 5.97. The lowest BCUT2D eigenvalue weighted by molar-refractivity contribution is 0.281. The third kappa shape index (κ3) is 2.89. The topological polar surface area (TPSA) is 38.9 Å². The zero-order valence-corrected chi connectivity index (χ0v) is 12.2. The van der Waals surface area contributed by atoms with Gasteiger partial charge in [0.05, 0.1) is 10.7 Å². The molecular formula is C14H24N2S. The Labute approximate surface area is 109 Å². The molecule has 0 saturated heterocycles. The highest BCUT2D eigenvalue weighted by molar-refractivity contribution is 7.09. The molecule has 1 aromatic heterocycles. The van der Waals surface area contributed by atoms with Crippen molar-refractivity contribution in [2.75, 3.05) is 6.54 Å². The fourth-order valence-corrected chi connectivity index (χ4v) is 3.46. The minimum Gasteiger partial charge on any atom is -0.330 e. The number of hydrogen-bond donors (Lipinski definition) is 1. The van der Waals surface area contributed by atoms with Crippen LogP contribution in [0.15, 0.2) is 5.38 Å². The van der Waals surface area contributed by atoms with Gasteiger partial charge in [-0.25, -0.2) is 4.98 Å². The molecule has 0 aromatic carbocycles. The minimum absolute atomic E-state index is 0.160. The summed E-state index contributed by atoms with van der Waals surface area (Å²) in [5.74, 6) is 0.828. The Morgan fingerprint density at radius 1 is 1.35 bits per heavy atom. The fraction of sp³-hybridized carbons (Fsp3) is 0.786. The summed E-state index contributed by atoms with van der Waals surface area (Å²) < 4.78 is 0. The lowest BCUT2D eigenvalue weighted by Crippen LogP contribution is -2.31. The van der Waals surface area contributed by atoms with Gasteiger partial charge in [0.1, 0.15) is 0 Å². The monoisotopic (exact) mass is 252 g/mol. The molecule has 1 atom stereocenters. The highest BCUT2D eigenvalue weighted by Crippen LogP contribution is 2.47. The van der Waals surface area contributed by atoms with Gasteiger partial charge in [-0.2, -0.15) is 0 Å². The Balaban J connectivity index is 2.10. The van der Waals surface area contributed by atoms with Crippen molar-refractivity contribution < 1.29 is 0 Å². The molecule has 0 amide bonds. The first-order valence-corrected chi connectivity index (χ1v) is 7.38. The van der Waals surface area contributed by atoms with Crippen molar-refractivity contribution in [1.29, 1.82) is 0 Å². The molecular weight excluding hydrogens is 228 g/mol. The number of aromatic nitrogens is 1. The van der Waals surface area contributed by atoms with Crippen LogP contribution < -0.4 is 5.73 Å². The summed E-state index contributed by atoms with van der Waals surface area (Å²) >= 11 is 1.80. The molecule has 17 heavy (non-hydrogen) atoms. The van der Waals surface area contributed by atoms with E-state index in [4.69, 9.17) is 10.7 Å². The van der Waals surface area contributed by atoms with Crippen molar-refractivity contribution in [1.82, 2.24) is 4.98 Å². The average molecular weight is 252 g/mol. The molecule has 2 nitrogen and oxygen atoms in total. The van der Waals surface area contributed by atoms with E-state index in [0.717, 1.165) is 18.9 Å². The van der Waals surface area contributed by atoms with Gasteiger partial charge < -0.3 is 5.73 Å². The van der Waals surface area contributed by atoms with Crippen LogP contribution in [0.2, 0.25) is 0 Å². The minimum atomic E-state index is 0.160. The summed E-state index contributed by atoms with van der Waals surface area (Å²) in [5.41, 5.74) is 7.61. The zero-order valence-electron chi connectivity index (χ0n) is 11.4. The van der Waals surface area contributed by atoms with Gasteiger partial charge in [-0.05, 0) is 30.7 Å². The Bertz CT molecular complexity index is 387. The third-order valence-electron chi connectivity index (χ3n) is 3.90. The predicted molar refractivity (Wildman–Crippen MR) is 74.4 cm³/mol. The molecule has 1 aliphatic rings. The lowest BCUT2D eigenvalue weighted by atomic mass is 9.82. The van der Waals surface area contributed by atoms with Gasteiger partial charge in [0.2, 0.25) is 0 Å². The zero-order chi connectivity index (χ0) is 12.7. The van der Waals surface area contributed by atoms with Gasteiger partial charge >= 0.3 is 0 Å². The summed E-state index contributed by atoms with van der Waals surface area (Å²) in [5, 5.41) is 3.47. The van der Waals surface area contributed by atoms with E-state index in [1.165, 1.54) is 23.5 Å².